The van der Waals surface area contributed by atoms with Gasteiger partial charge in [0.15, 0.2) is 0 Å². The van der Waals surface area contributed by atoms with Gasteiger partial charge in [-0.15, -0.1) is 0 Å². The van der Waals surface area contributed by atoms with E-state index in [-0.39, 0.29) is 6.10 Å². The standard InChI is InChI=1S/C14H32N2O2/c1-5-13(6-2)16(10-11-17-4)9-8-14(12-15)18-7-3/h13-14H,5-12,15H2,1-4H3. The highest BCUT2D eigenvalue weighted by Crippen LogP contribution is 2.10. The predicted molar refractivity (Wildman–Crippen MR) is 76.9 cm³/mol. The molecule has 0 saturated carbocycles. The topological polar surface area (TPSA) is 47.7 Å². The van der Waals surface area contributed by atoms with E-state index in [2.05, 4.69) is 18.7 Å². The van der Waals surface area contributed by atoms with E-state index in [0.717, 1.165) is 32.7 Å². The van der Waals surface area contributed by atoms with Gasteiger partial charge in [-0.2, -0.15) is 0 Å². The summed E-state index contributed by atoms with van der Waals surface area (Å²) < 4.78 is 10.8. The minimum atomic E-state index is 0.189. The van der Waals surface area contributed by atoms with Crippen molar-refractivity contribution in [2.24, 2.45) is 5.73 Å². The Balaban J connectivity index is 4.20. The number of nitrogens with two attached hydrogens (primary N) is 1. The molecule has 110 valence electrons. The summed E-state index contributed by atoms with van der Waals surface area (Å²) in [5, 5.41) is 0. The Morgan fingerprint density at radius 1 is 1.11 bits per heavy atom. The van der Waals surface area contributed by atoms with Crippen LogP contribution in [0.4, 0.5) is 0 Å². The van der Waals surface area contributed by atoms with Crippen molar-refractivity contribution in [3.63, 3.8) is 0 Å². The van der Waals surface area contributed by atoms with Crippen LogP contribution in [0.15, 0.2) is 0 Å². The lowest BCUT2D eigenvalue weighted by molar-refractivity contribution is 0.0436. The molecular weight excluding hydrogens is 228 g/mol. The molecule has 0 rings (SSSR count). The highest BCUT2D eigenvalue weighted by atomic mass is 16.5. The van der Waals surface area contributed by atoms with Crippen LogP contribution in [0.25, 0.3) is 0 Å². The number of hydrogen-bond acceptors (Lipinski definition) is 4. The molecule has 0 amide bonds. The van der Waals surface area contributed by atoms with E-state index in [9.17, 15) is 0 Å². The van der Waals surface area contributed by atoms with Gasteiger partial charge in [-0.3, -0.25) is 4.90 Å². The Morgan fingerprint density at radius 3 is 2.22 bits per heavy atom. The minimum Gasteiger partial charge on any atom is -0.383 e. The van der Waals surface area contributed by atoms with E-state index in [0.29, 0.717) is 12.6 Å². The predicted octanol–water partition coefficient (Wildman–Crippen LogP) is 1.88. The van der Waals surface area contributed by atoms with Crippen molar-refractivity contribution in [2.45, 2.75) is 52.2 Å². The normalized spacial score (nSPS) is 13.5. The van der Waals surface area contributed by atoms with Gasteiger partial charge in [0.2, 0.25) is 0 Å². The maximum Gasteiger partial charge on any atom is 0.0709 e. The maximum absolute atomic E-state index is 5.72. The van der Waals surface area contributed by atoms with Crippen LogP contribution in [-0.4, -0.2) is 57.0 Å². The first-order valence-electron chi connectivity index (χ1n) is 7.27. The average molecular weight is 260 g/mol. The summed E-state index contributed by atoms with van der Waals surface area (Å²) in [4.78, 5) is 2.51. The summed E-state index contributed by atoms with van der Waals surface area (Å²) in [6.07, 6.45) is 3.56. The van der Waals surface area contributed by atoms with Crippen LogP contribution in [0.1, 0.15) is 40.0 Å². The van der Waals surface area contributed by atoms with Crippen LogP contribution < -0.4 is 5.73 Å². The van der Waals surface area contributed by atoms with E-state index >= 15 is 0 Å². The van der Waals surface area contributed by atoms with Gasteiger partial charge in [0.1, 0.15) is 0 Å². The average Bonchev–Trinajstić information content (AvgIpc) is 2.40. The molecule has 0 aliphatic rings. The first kappa shape index (κ1) is 17.8. The highest BCUT2D eigenvalue weighted by Gasteiger charge is 2.16. The first-order chi connectivity index (χ1) is 8.73. The zero-order valence-electron chi connectivity index (χ0n) is 12.7. The molecule has 0 heterocycles. The summed E-state index contributed by atoms with van der Waals surface area (Å²) in [5.41, 5.74) is 5.72. The lowest BCUT2D eigenvalue weighted by atomic mass is 10.1. The van der Waals surface area contributed by atoms with Gasteiger partial charge >= 0.3 is 0 Å². The van der Waals surface area contributed by atoms with Gasteiger partial charge in [-0.25, -0.2) is 0 Å². The van der Waals surface area contributed by atoms with Crippen LogP contribution in [0.2, 0.25) is 0 Å². The summed E-state index contributed by atoms with van der Waals surface area (Å²) in [7, 11) is 1.76. The van der Waals surface area contributed by atoms with Crippen LogP contribution in [0.5, 0.6) is 0 Å². The van der Waals surface area contributed by atoms with Crippen LogP contribution in [0, 0.1) is 0 Å². The SMILES string of the molecule is CCOC(CN)CCN(CCOC)C(CC)CC. The molecule has 0 bridgehead atoms. The summed E-state index contributed by atoms with van der Waals surface area (Å²) in [6, 6.07) is 0.639. The quantitative estimate of drug-likeness (QED) is 0.582. The monoisotopic (exact) mass is 260 g/mol. The Hall–Kier alpha value is -0.160. The fourth-order valence-corrected chi connectivity index (χ4v) is 2.31. The molecule has 0 aromatic rings. The Bertz CT molecular complexity index is 175. The summed E-state index contributed by atoms with van der Waals surface area (Å²) in [5.74, 6) is 0. The maximum atomic E-state index is 5.72. The molecule has 0 aliphatic heterocycles. The van der Waals surface area contributed by atoms with Crippen molar-refractivity contribution in [1.29, 1.82) is 0 Å². The van der Waals surface area contributed by atoms with E-state index in [1.54, 1.807) is 7.11 Å². The highest BCUT2D eigenvalue weighted by molar-refractivity contribution is 4.71. The third kappa shape index (κ3) is 7.31. The molecule has 0 aromatic carbocycles. The van der Waals surface area contributed by atoms with Crippen molar-refractivity contribution in [3.05, 3.63) is 0 Å². The number of rotatable bonds is 12. The van der Waals surface area contributed by atoms with Crippen molar-refractivity contribution in [3.8, 4) is 0 Å². The van der Waals surface area contributed by atoms with Gasteiger partial charge in [0.05, 0.1) is 12.7 Å². The molecule has 4 heteroatoms. The Kier molecular flexibility index (Phi) is 11.8. The van der Waals surface area contributed by atoms with E-state index in [1.165, 1.54) is 12.8 Å². The van der Waals surface area contributed by atoms with E-state index in [4.69, 9.17) is 15.2 Å². The first-order valence-corrected chi connectivity index (χ1v) is 7.27. The van der Waals surface area contributed by atoms with Gasteiger partial charge in [0.25, 0.3) is 0 Å². The third-order valence-corrected chi connectivity index (χ3v) is 3.45. The molecule has 1 atom stereocenters. The second-order valence-electron chi connectivity index (χ2n) is 4.60. The molecule has 0 saturated heterocycles. The number of nitrogens with zero attached hydrogens (tertiary/aromatic N) is 1. The fraction of sp³-hybridized carbons (Fsp3) is 1.00. The Morgan fingerprint density at radius 2 is 1.78 bits per heavy atom. The minimum absolute atomic E-state index is 0.189. The van der Waals surface area contributed by atoms with E-state index in [1.807, 2.05) is 6.92 Å². The lowest BCUT2D eigenvalue weighted by Crippen LogP contribution is -2.40. The molecule has 0 spiro atoms. The van der Waals surface area contributed by atoms with Crippen molar-refractivity contribution in [2.75, 3.05) is 40.0 Å². The van der Waals surface area contributed by atoms with Gasteiger partial charge in [-0.05, 0) is 26.2 Å². The van der Waals surface area contributed by atoms with Crippen LogP contribution in [-0.2, 0) is 9.47 Å². The molecule has 4 nitrogen and oxygen atoms in total. The van der Waals surface area contributed by atoms with Crippen molar-refractivity contribution < 1.29 is 9.47 Å². The molecule has 0 fully saturated rings. The Labute approximate surface area is 113 Å². The summed E-state index contributed by atoms with van der Waals surface area (Å²) in [6.45, 7) is 10.7. The second kappa shape index (κ2) is 11.9. The van der Waals surface area contributed by atoms with Crippen molar-refractivity contribution >= 4 is 0 Å². The molecule has 0 aliphatic carbocycles. The molecule has 2 N–H and O–H groups in total. The molecule has 0 radical (unpaired) electrons. The van der Waals surface area contributed by atoms with Crippen LogP contribution >= 0.6 is 0 Å². The number of ether oxygens (including phenoxy) is 2. The fourth-order valence-electron chi connectivity index (χ4n) is 2.31. The zero-order chi connectivity index (χ0) is 13.8. The second-order valence-corrected chi connectivity index (χ2v) is 4.60. The van der Waals surface area contributed by atoms with E-state index < -0.39 is 0 Å². The molecular formula is C14H32N2O2. The van der Waals surface area contributed by atoms with Gasteiger partial charge in [-0.1, -0.05) is 13.8 Å². The summed E-state index contributed by atoms with van der Waals surface area (Å²) >= 11 is 0. The molecule has 18 heavy (non-hydrogen) atoms. The molecule has 0 aromatic heterocycles. The smallest absolute Gasteiger partial charge is 0.0709 e. The number of hydrogen-bond donors (Lipinski definition) is 1. The number of methoxy groups -OCH3 is 1. The van der Waals surface area contributed by atoms with Gasteiger partial charge in [0, 0.05) is 39.4 Å². The molecule has 1 unspecified atom stereocenters. The van der Waals surface area contributed by atoms with Crippen molar-refractivity contribution in [1.82, 2.24) is 4.90 Å². The zero-order valence-corrected chi connectivity index (χ0v) is 12.7. The third-order valence-electron chi connectivity index (χ3n) is 3.45. The van der Waals surface area contributed by atoms with Crippen LogP contribution in [0.3, 0.4) is 0 Å². The lowest BCUT2D eigenvalue weighted by Gasteiger charge is -2.31. The largest absolute Gasteiger partial charge is 0.383 e. The van der Waals surface area contributed by atoms with Gasteiger partial charge < -0.3 is 15.2 Å².